The fourth-order valence-corrected chi connectivity index (χ4v) is 3.10. The predicted molar refractivity (Wildman–Crippen MR) is 113 cm³/mol. The number of hydrogen-bond donors (Lipinski definition) is 1. The van der Waals surface area contributed by atoms with Gasteiger partial charge in [-0.2, -0.15) is 5.10 Å². The third-order valence-electron chi connectivity index (χ3n) is 4.70. The van der Waals surface area contributed by atoms with Crippen LogP contribution in [0.2, 0.25) is 0 Å². The topological polar surface area (TPSA) is 86.4 Å². The molecular weight excluding hydrogens is 394 g/mol. The normalized spacial score (nSPS) is 11.6. The molecule has 2 aromatic heterocycles. The van der Waals surface area contributed by atoms with Crippen LogP contribution in [0.5, 0.6) is 0 Å². The van der Waals surface area contributed by atoms with Gasteiger partial charge in [-0.05, 0) is 41.5 Å². The first-order chi connectivity index (χ1) is 15.2. The molecule has 1 N–H and O–H groups in total. The van der Waals surface area contributed by atoms with Crippen LogP contribution in [0.15, 0.2) is 95.9 Å². The highest BCUT2D eigenvalue weighted by Crippen LogP contribution is 2.12. The summed E-state index contributed by atoms with van der Waals surface area (Å²) < 4.78 is 12.4. The first-order valence-electron chi connectivity index (χ1n) is 9.83. The lowest BCUT2D eigenvalue weighted by Gasteiger charge is -2.17. The van der Waals surface area contributed by atoms with E-state index in [9.17, 15) is 9.59 Å². The van der Waals surface area contributed by atoms with Gasteiger partial charge >= 0.3 is 5.97 Å². The summed E-state index contributed by atoms with van der Waals surface area (Å²) in [5, 5.41) is 6.90. The Morgan fingerprint density at radius 2 is 1.77 bits per heavy atom. The quantitative estimate of drug-likeness (QED) is 0.445. The van der Waals surface area contributed by atoms with E-state index < -0.39 is 17.9 Å². The smallest absolute Gasteiger partial charge is 0.329 e. The van der Waals surface area contributed by atoms with Crippen molar-refractivity contribution in [2.75, 3.05) is 0 Å². The maximum atomic E-state index is 12.8. The van der Waals surface area contributed by atoms with Crippen LogP contribution in [0.1, 0.15) is 21.7 Å². The summed E-state index contributed by atoms with van der Waals surface area (Å²) in [6.07, 6.45) is 5.28. The first kappa shape index (κ1) is 20.2. The second kappa shape index (κ2) is 9.58. The average molecular weight is 415 g/mol. The van der Waals surface area contributed by atoms with Gasteiger partial charge in [-0.15, -0.1) is 0 Å². The van der Waals surface area contributed by atoms with Gasteiger partial charge in [0.15, 0.2) is 5.76 Å². The standard InChI is InChI=1S/C24H21N3O4/c28-23(22-8-4-15-30-22)26-21(16-18-6-2-1-3-7-18)24(29)31-17-19-9-11-20(12-10-19)27-14-5-13-25-27/h1-15,21H,16-17H2,(H,26,28)/t21-/m0/s1. The third-order valence-corrected chi connectivity index (χ3v) is 4.70. The van der Waals surface area contributed by atoms with Crippen LogP contribution >= 0.6 is 0 Å². The van der Waals surface area contributed by atoms with E-state index in [1.807, 2.05) is 66.9 Å². The molecule has 7 heteroatoms. The molecule has 156 valence electrons. The molecule has 2 aromatic carbocycles. The second-order valence-corrected chi connectivity index (χ2v) is 6.92. The van der Waals surface area contributed by atoms with Gasteiger partial charge in [0.25, 0.3) is 5.91 Å². The number of esters is 1. The molecule has 1 atom stereocenters. The molecular formula is C24H21N3O4. The van der Waals surface area contributed by atoms with Crippen molar-refractivity contribution in [2.24, 2.45) is 0 Å². The highest BCUT2D eigenvalue weighted by molar-refractivity contribution is 5.94. The van der Waals surface area contributed by atoms with Crippen molar-refractivity contribution in [1.82, 2.24) is 15.1 Å². The summed E-state index contributed by atoms with van der Waals surface area (Å²) in [4.78, 5) is 25.2. The molecule has 0 aliphatic rings. The van der Waals surface area contributed by atoms with E-state index in [4.69, 9.17) is 9.15 Å². The second-order valence-electron chi connectivity index (χ2n) is 6.92. The van der Waals surface area contributed by atoms with E-state index in [2.05, 4.69) is 10.4 Å². The molecule has 2 heterocycles. The van der Waals surface area contributed by atoms with Crippen molar-refractivity contribution < 1.29 is 18.7 Å². The SMILES string of the molecule is O=C(N[C@@H](Cc1ccccc1)C(=O)OCc1ccc(-n2cccn2)cc1)c1ccco1. The van der Waals surface area contributed by atoms with E-state index in [-0.39, 0.29) is 12.4 Å². The lowest BCUT2D eigenvalue weighted by Crippen LogP contribution is -2.43. The fraction of sp³-hybridized carbons (Fsp3) is 0.125. The zero-order valence-electron chi connectivity index (χ0n) is 16.7. The van der Waals surface area contributed by atoms with Gasteiger partial charge in [0.05, 0.1) is 12.0 Å². The Morgan fingerprint density at radius 3 is 2.45 bits per heavy atom. The zero-order chi connectivity index (χ0) is 21.5. The lowest BCUT2D eigenvalue weighted by atomic mass is 10.1. The molecule has 0 aliphatic heterocycles. The zero-order valence-corrected chi connectivity index (χ0v) is 16.7. The molecule has 31 heavy (non-hydrogen) atoms. The van der Waals surface area contributed by atoms with Gasteiger partial charge in [0, 0.05) is 18.8 Å². The van der Waals surface area contributed by atoms with Crippen LogP contribution in [-0.2, 0) is 22.6 Å². The maximum Gasteiger partial charge on any atom is 0.329 e. The molecule has 0 aliphatic carbocycles. The minimum absolute atomic E-state index is 0.0974. The van der Waals surface area contributed by atoms with Crippen molar-refractivity contribution >= 4 is 11.9 Å². The molecule has 0 fully saturated rings. The van der Waals surface area contributed by atoms with Crippen molar-refractivity contribution in [3.63, 3.8) is 0 Å². The number of carbonyl (C=O) groups is 2. The number of benzene rings is 2. The Hall–Kier alpha value is -4.13. The number of nitrogens with zero attached hydrogens (tertiary/aromatic N) is 2. The number of aromatic nitrogens is 2. The number of nitrogens with one attached hydrogen (secondary N) is 1. The minimum Gasteiger partial charge on any atom is -0.459 e. The molecule has 0 unspecified atom stereocenters. The van der Waals surface area contributed by atoms with Crippen LogP contribution in [0.25, 0.3) is 5.69 Å². The Kier molecular flexibility index (Phi) is 6.23. The summed E-state index contributed by atoms with van der Waals surface area (Å²) >= 11 is 0. The van der Waals surface area contributed by atoms with E-state index in [0.717, 1.165) is 16.8 Å². The molecule has 0 saturated carbocycles. The number of carbonyl (C=O) groups excluding carboxylic acids is 2. The Morgan fingerprint density at radius 1 is 0.968 bits per heavy atom. The van der Waals surface area contributed by atoms with Crippen molar-refractivity contribution in [1.29, 1.82) is 0 Å². The summed E-state index contributed by atoms with van der Waals surface area (Å²) in [6.45, 7) is 0.0974. The highest BCUT2D eigenvalue weighted by atomic mass is 16.5. The average Bonchev–Trinajstić information content (AvgIpc) is 3.53. The third kappa shape index (κ3) is 5.27. The van der Waals surface area contributed by atoms with Gasteiger partial charge in [-0.25, -0.2) is 9.48 Å². The molecule has 1 amide bonds. The monoisotopic (exact) mass is 415 g/mol. The van der Waals surface area contributed by atoms with Gasteiger partial charge < -0.3 is 14.5 Å². The van der Waals surface area contributed by atoms with Crippen LogP contribution < -0.4 is 5.32 Å². The molecule has 7 nitrogen and oxygen atoms in total. The summed E-state index contributed by atoms with van der Waals surface area (Å²) in [6, 6.07) is 21.2. The Balaban J connectivity index is 1.41. The van der Waals surface area contributed by atoms with E-state index in [1.165, 1.54) is 6.26 Å². The predicted octanol–water partition coefficient (Wildman–Crippen LogP) is 3.55. The molecule has 0 spiro atoms. The van der Waals surface area contributed by atoms with Crippen LogP contribution in [0.4, 0.5) is 0 Å². The van der Waals surface area contributed by atoms with Crippen LogP contribution in [0, 0.1) is 0 Å². The van der Waals surface area contributed by atoms with Gasteiger partial charge in [0.1, 0.15) is 12.6 Å². The summed E-state index contributed by atoms with van der Waals surface area (Å²) in [5.41, 5.74) is 2.65. The Labute approximate surface area is 179 Å². The number of rotatable bonds is 8. The van der Waals surface area contributed by atoms with Crippen molar-refractivity contribution in [3.05, 3.63) is 108 Å². The fourth-order valence-electron chi connectivity index (χ4n) is 3.10. The number of amides is 1. The molecule has 4 aromatic rings. The molecule has 4 rings (SSSR count). The minimum atomic E-state index is -0.844. The molecule has 0 bridgehead atoms. The number of ether oxygens (including phenoxy) is 1. The largest absolute Gasteiger partial charge is 0.459 e. The lowest BCUT2D eigenvalue weighted by molar-refractivity contribution is -0.147. The highest BCUT2D eigenvalue weighted by Gasteiger charge is 2.24. The first-order valence-corrected chi connectivity index (χ1v) is 9.83. The van der Waals surface area contributed by atoms with E-state index in [0.29, 0.717) is 6.42 Å². The van der Waals surface area contributed by atoms with Crippen LogP contribution in [0.3, 0.4) is 0 Å². The Bertz CT molecular complexity index is 1110. The summed E-state index contributed by atoms with van der Waals surface area (Å²) in [5.74, 6) is -0.841. The van der Waals surface area contributed by atoms with Crippen molar-refractivity contribution in [3.8, 4) is 5.69 Å². The van der Waals surface area contributed by atoms with Crippen LogP contribution in [-0.4, -0.2) is 27.7 Å². The van der Waals surface area contributed by atoms with Gasteiger partial charge in [0.2, 0.25) is 0 Å². The van der Waals surface area contributed by atoms with E-state index in [1.54, 1.807) is 23.0 Å². The summed E-state index contributed by atoms with van der Waals surface area (Å²) in [7, 11) is 0. The molecule has 0 radical (unpaired) electrons. The van der Waals surface area contributed by atoms with Crippen molar-refractivity contribution in [2.45, 2.75) is 19.1 Å². The van der Waals surface area contributed by atoms with Gasteiger partial charge in [-0.3, -0.25) is 4.79 Å². The van der Waals surface area contributed by atoms with E-state index >= 15 is 0 Å². The number of hydrogen-bond acceptors (Lipinski definition) is 5. The van der Waals surface area contributed by atoms with Gasteiger partial charge in [-0.1, -0.05) is 42.5 Å². The number of furan rings is 1. The molecule has 0 saturated heterocycles. The maximum absolute atomic E-state index is 12.8.